The highest BCUT2D eigenvalue weighted by molar-refractivity contribution is 5.84. The van der Waals surface area contributed by atoms with Gasteiger partial charge in [0.15, 0.2) is 0 Å². The number of rotatable bonds is 3. The van der Waals surface area contributed by atoms with Gasteiger partial charge in [-0.25, -0.2) is 0 Å². The number of carbonyl (C=O) groups excluding carboxylic acids is 2. The first kappa shape index (κ1) is 8.99. The number of aliphatic hydroxyl groups is 1. The van der Waals surface area contributed by atoms with Crippen LogP contribution >= 0.6 is 0 Å². The summed E-state index contributed by atoms with van der Waals surface area (Å²) in [5.41, 5.74) is 0. The Bertz CT molecular complexity index is 204. The molecule has 0 radical (unpaired) electrons. The standard InChI is InChI=1S/C7H11NO4/c1-5(10)12-8-4-6(2-3-9)7(8)11/h6,9H,2-4H2,1H3. The molecule has 1 amide bonds. The Kier molecular flexibility index (Phi) is 2.65. The minimum absolute atomic E-state index is 0.00961. The van der Waals surface area contributed by atoms with Gasteiger partial charge in [0, 0.05) is 13.5 Å². The third-order valence-electron chi connectivity index (χ3n) is 1.70. The third-order valence-corrected chi connectivity index (χ3v) is 1.70. The zero-order chi connectivity index (χ0) is 9.14. The van der Waals surface area contributed by atoms with Gasteiger partial charge in [-0.3, -0.25) is 9.59 Å². The van der Waals surface area contributed by atoms with Crippen LogP contribution < -0.4 is 0 Å². The summed E-state index contributed by atoms with van der Waals surface area (Å²) in [5.74, 6) is -0.889. The second-order valence-electron chi connectivity index (χ2n) is 2.69. The number of amides is 1. The molecule has 1 aliphatic rings. The van der Waals surface area contributed by atoms with Crippen LogP contribution in [0.2, 0.25) is 0 Å². The molecular weight excluding hydrogens is 162 g/mol. The second-order valence-corrected chi connectivity index (χ2v) is 2.69. The first-order valence-electron chi connectivity index (χ1n) is 3.76. The predicted octanol–water partition coefficient (Wildman–Crippen LogP) is -0.695. The molecule has 0 aromatic rings. The van der Waals surface area contributed by atoms with E-state index in [1.165, 1.54) is 6.92 Å². The molecule has 5 heteroatoms. The lowest BCUT2D eigenvalue weighted by atomic mass is 9.98. The summed E-state index contributed by atoms with van der Waals surface area (Å²) in [6, 6.07) is 0. The van der Waals surface area contributed by atoms with Crippen molar-refractivity contribution in [3.63, 3.8) is 0 Å². The highest BCUT2D eigenvalue weighted by Crippen LogP contribution is 2.20. The fraction of sp³-hybridized carbons (Fsp3) is 0.714. The van der Waals surface area contributed by atoms with Gasteiger partial charge in [-0.15, -0.1) is 0 Å². The van der Waals surface area contributed by atoms with Gasteiger partial charge in [-0.2, -0.15) is 5.06 Å². The summed E-state index contributed by atoms with van der Waals surface area (Å²) in [6.45, 7) is 1.63. The smallest absolute Gasteiger partial charge is 0.329 e. The van der Waals surface area contributed by atoms with Crippen LogP contribution in [0.3, 0.4) is 0 Å². The van der Waals surface area contributed by atoms with E-state index in [0.717, 1.165) is 5.06 Å². The summed E-state index contributed by atoms with van der Waals surface area (Å²) in [5, 5.41) is 9.53. The number of hydrogen-bond donors (Lipinski definition) is 1. The van der Waals surface area contributed by atoms with Crippen LogP contribution in [0.25, 0.3) is 0 Å². The van der Waals surface area contributed by atoms with Crippen molar-refractivity contribution in [1.82, 2.24) is 5.06 Å². The highest BCUT2D eigenvalue weighted by Gasteiger charge is 2.38. The van der Waals surface area contributed by atoms with E-state index >= 15 is 0 Å². The molecule has 0 aromatic heterocycles. The van der Waals surface area contributed by atoms with Gasteiger partial charge in [0.25, 0.3) is 5.91 Å². The van der Waals surface area contributed by atoms with E-state index in [2.05, 4.69) is 4.84 Å². The van der Waals surface area contributed by atoms with Crippen molar-refractivity contribution in [1.29, 1.82) is 0 Å². The molecular formula is C7H11NO4. The summed E-state index contributed by atoms with van der Waals surface area (Å²) in [7, 11) is 0. The molecule has 0 aromatic carbocycles. The average Bonchev–Trinajstić information content (AvgIpc) is 2.02. The Morgan fingerprint density at radius 3 is 2.92 bits per heavy atom. The monoisotopic (exact) mass is 173 g/mol. The van der Waals surface area contributed by atoms with Gasteiger partial charge in [0.2, 0.25) is 0 Å². The van der Waals surface area contributed by atoms with Crippen LogP contribution in [-0.2, 0) is 14.4 Å². The number of nitrogens with zero attached hydrogens (tertiary/aromatic N) is 1. The minimum Gasteiger partial charge on any atom is -0.396 e. The summed E-state index contributed by atoms with van der Waals surface area (Å²) < 4.78 is 0. The van der Waals surface area contributed by atoms with Crippen molar-refractivity contribution in [3.8, 4) is 0 Å². The summed E-state index contributed by atoms with van der Waals surface area (Å²) >= 11 is 0. The van der Waals surface area contributed by atoms with Crippen LogP contribution in [0.5, 0.6) is 0 Å². The fourth-order valence-corrected chi connectivity index (χ4v) is 1.07. The molecule has 12 heavy (non-hydrogen) atoms. The number of hydroxylamine groups is 2. The van der Waals surface area contributed by atoms with E-state index in [9.17, 15) is 9.59 Å². The Morgan fingerprint density at radius 2 is 2.50 bits per heavy atom. The van der Waals surface area contributed by atoms with Gasteiger partial charge in [0.1, 0.15) is 0 Å². The topological polar surface area (TPSA) is 66.8 Å². The lowest BCUT2D eigenvalue weighted by Gasteiger charge is -2.35. The maximum Gasteiger partial charge on any atom is 0.329 e. The maximum atomic E-state index is 11.0. The Balaban J connectivity index is 2.28. The molecule has 0 aliphatic carbocycles. The molecule has 0 saturated carbocycles. The minimum atomic E-state index is -0.495. The highest BCUT2D eigenvalue weighted by atomic mass is 16.7. The number of aliphatic hydroxyl groups excluding tert-OH is 1. The second kappa shape index (κ2) is 3.53. The van der Waals surface area contributed by atoms with Crippen LogP contribution in [0, 0.1) is 5.92 Å². The van der Waals surface area contributed by atoms with Gasteiger partial charge < -0.3 is 9.94 Å². The van der Waals surface area contributed by atoms with Gasteiger partial charge >= 0.3 is 5.97 Å². The molecule has 0 spiro atoms. The van der Waals surface area contributed by atoms with Crippen molar-refractivity contribution in [2.45, 2.75) is 13.3 Å². The molecule has 1 N–H and O–H groups in total. The maximum absolute atomic E-state index is 11.0. The Labute approximate surface area is 69.9 Å². The fourth-order valence-electron chi connectivity index (χ4n) is 1.07. The Morgan fingerprint density at radius 1 is 1.83 bits per heavy atom. The molecule has 1 unspecified atom stereocenters. The van der Waals surface area contributed by atoms with E-state index < -0.39 is 5.97 Å². The first-order chi connectivity index (χ1) is 5.65. The SMILES string of the molecule is CC(=O)ON1CC(CCO)C1=O. The molecule has 1 saturated heterocycles. The lowest BCUT2D eigenvalue weighted by molar-refractivity contribution is -0.220. The first-order valence-corrected chi connectivity index (χ1v) is 3.76. The van der Waals surface area contributed by atoms with Crippen molar-refractivity contribution < 1.29 is 19.5 Å². The van der Waals surface area contributed by atoms with E-state index in [-0.39, 0.29) is 18.4 Å². The molecule has 1 atom stereocenters. The van der Waals surface area contributed by atoms with E-state index in [1.807, 2.05) is 0 Å². The van der Waals surface area contributed by atoms with E-state index in [4.69, 9.17) is 5.11 Å². The number of carbonyl (C=O) groups is 2. The Hall–Kier alpha value is -1.10. The van der Waals surface area contributed by atoms with Crippen molar-refractivity contribution in [2.75, 3.05) is 13.2 Å². The van der Waals surface area contributed by atoms with Gasteiger partial charge in [-0.1, -0.05) is 0 Å². The van der Waals surface area contributed by atoms with Crippen molar-refractivity contribution in [3.05, 3.63) is 0 Å². The van der Waals surface area contributed by atoms with Gasteiger partial charge in [0.05, 0.1) is 12.5 Å². The van der Waals surface area contributed by atoms with Crippen LogP contribution in [-0.4, -0.2) is 35.2 Å². The lowest BCUT2D eigenvalue weighted by Crippen LogP contribution is -2.52. The van der Waals surface area contributed by atoms with Crippen molar-refractivity contribution in [2.24, 2.45) is 5.92 Å². The average molecular weight is 173 g/mol. The molecule has 68 valence electrons. The van der Waals surface area contributed by atoms with Crippen molar-refractivity contribution >= 4 is 11.9 Å². The molecule has 0 bridgehead atoms. The zero-order valence-corrected chi connectivity index (χ0v) is 6.82. The van der Waals surface area contributed by atoms with Crippen LogP contribution in [0.1, 0.15) is 13.3 Å². The quantitative estimate of drug-likeness (QED) is 0.573. The molecule has 1 heterocycles. The summed E-state index contributed by atoms with van der Waals surface area (Å²) in [6.07, 6.45) is 0.441. The largest absolute Gasteiger partial charge is 0.396 e. The van der Waals surface area contributed by atoms with E-state index in [1.54, 1.807) is 0 Å². The number of β-lactam (4-membered cyclic amide) rings is 1. The number of hydrogen-bond acceptors (Lipinski definition) is 4. The van der Waals surface area contributed by atoms with Crippen LogP contribution in [0.15, 0.2) is 0 Å². The normalized spacial score (nSPS) is 22.0. The van der Waals surface area contributed by atoms with E-state index in [0.29, 0.717) is 13.0 Å². The third kappa shape index (κ3) is 1.73. The molecule has 1 aliphatic heterocycles. The molecule has 1 rings (SSSR count). The predicted molar refractivity (Wildman–Crippen MR) is 38.7 cm³/mol. The zero-order valence-electron chi connectivity index (χ0n) is 6.82. The summed E-state index contributed by atoms with van der Waals surface area (Å²) in [4.78, 5) is 26.0. The van der Waals surface area contributed by atoms with Gasteiger partial charge in [-0.05, 0) is 6.42 Å². The molecule has 5 nitrogen and oxygen atoms in total. The van der Waals surface area contributed by atoms with Crippen LogP contribution in [0.4, 0.5) is 0 Å². The molecule has 1 fully saturated rings.